The number of carbonyl (C=O) groups excluding carboxylic acids is 2. The minimum absolute atomic E-state index is 0.100. The standard InChI is InChI=1S/C21H30N4O2/c1-16-12-23-18(13-22-16)19(26)25-11-9-21(15-25)8-5-10-24(20(21)27)14-17-6-3-2-4-7-17/h12-13,17H,2-11,14-15H2,1H3. The van der Waals surface area contributed by atoms with E-state index in [0.29, 0.717) is 24.7 Å². The Morgan fingerprint density at radius 3 is 2.67 bits per heavy atom. The average molecular weight is 370 g/mol. The first-order chi connectivity index (χ1) is 13.1. The van der Waals surface area contributed by atoms with Crippen LogP contribution >= 0.6 is 0 Å². The molecule has 2 saturated heterocycles. The quantitative estimate of drug-likeness (QED) is 0.821. The summed E-state index contributed by atoms with van der Waals surface area (Å²) in [6.45, 7) is 4.82. The van der Waals surface area contributed by atoms with Crippen LogP contribution in [0.25, 0.3) is 0 Å². The topological polar surface area (TPSA) is 66.4 Å². The van der Waals surface area contributed by atoms with Gasteiger partial charge in [-0.15, -0.1) is 0 Å². The number of nitrogens with zero attached hydrogens (tertiary/aromatic N) is 4. The van der Waals surface area contributed by atoms with Crippen molar-refractivity contribution in [1.29, 1.82) is 0 Å². The first-order valence-electron chi connectivity index (χ1n) is 10.4. The number of aromatic nitrogens is 2. The highest BCUT2D eigenvalue weighted by atomic mass is 16.2. The largest absolute Gasteiger partial charge is 0.342 e. The van der Waals surface area contributed by atoms with E-state index in [2.05, 4.69) is 14.9 Å². The van der Waals surface area contributed by atoms with Crippen molar-refractivity contribution in [3.05, 3.63) is 23.8 Å². The van der Waals surface area contributed by atoms with Crippen molar-refractivity contribution in [3.63, 3.8) is 0 Å². The molecule has 1 unspecified atom stereocenters. The minimum atomic E-state index is -0.374. The van der Waals surface area contributed by atoms with Gasteiger partial charge in [-0.3, -0.25) is 14.6 Å². The van der Waals surface area contributed by atoms with Gasteiger partial charge in [0, 0.05) is 32.4 Å². The number of hydrogen-bond donors (Lipinski definition) is 0. The maximum Gasteiger partial charge on any atom is 0.274 e. The Balaban J connectivity index is 1.42. The lowest BCUT2D eigenvalue weighted by Crippen LogP contribution is -2.51. The van der Waals surface area contributed by atoms with Crippen LogP contribution in [0.4, 0.5) is 0 Å². The van der Waals surface area contributed by atoms with Gasteiger partial charge in [0.05, 0.1) is 17.3 Å². The number of hydrogen-bond acceptors (Lipinski definition) is 4. The van der Waals surface area contributed by atoms with E-state index in [9.17, 15) is 9.59 Å². The molecule has 3 heterocycles. The van der Waals surface area contributed by atoms with Crippen molar-refractivity contribution in [2.24, 2.45) is 11.3 Å². The van der Waals surface area contributed by atoms with Gasteiger partial charge in [0.15, 0.2) is 0 Å². The Morgan fingerprint density at radius 2 is 1.93 bits per heavy atom. The Kier molecular flexibility index (Phi) is 5.15. The molecule has 2 aliphatic heterocycles. The molecule has 1 aromatic heterocycles. The van der Waals surface area contributed by atoms with E-state index in [0.717, 1.165) is 38.0 Å². The zero-order valence-corrected chi connectivity index (χ0v) is 16.3. The number of aryl methyl sites for hydroxylation is 1. The lowest BCUT2D eigenvalue weighted by atomic mass is 9.77. The molecule has 4 rings (SSSR count). The fraction of sp³-hybridized carbons (Fsp3) is 0.714. The molecule has 0 N–H and O–H groups in total. The van der Waals surface area contributed by atoms with Crippen LogP contribution in [-0.4, -0.2) is 57.8 Å². The third-order valence-electron chi connectivity index (χ3n) is 6.67. The summed E-state index contributed by atoms with van der Waals surface area (Å²) >= 11 is 0. The molecule has 1 aromatic rings. The highest BCUT2D eigenvalue weighted by Gasteiger charge is 2.49. The van der Waals surface area contributed by atoms with Gasteiger partial charge in [-0.2, -0.15) is 0 Å². The lowest BCUT2D eigenvalue weighted by molar-refractivity contribution is -0.146. The van der Waals surface area contributed by atoms with Crippen molar-refractivity contribution in [3.8, 4) is 0 Å². The minimum Gasteiger partial charge on any atom is -0.342 e. The van der Waals surface area contributed by atoms with Crippen molar-refractivity contribution in [1.82, 2.24) is 19.8 Å². The van der Waals surface area contributed by atoms with Gasteiger partial charge in [0.1, 0.15) is 5.69 Å². The normalized spacial score (nSPS) is 26.8. The van der Waals surface area contributed by atoms with Crippen molar-refractivity contribution >= 4 is 11.8 Å². The van der Waals surface area contributed by atoms with E-state index in [1.165, 1.54) is 32.1 Å². The van der Waals surface area contributed by atoms with Gasteiger partial charge in [0.2, 0.25) is 5.91 Å². The van der Waals surface area contributed by atoms with E-state index in [4.69, 9.17) is 0 Å². The predicted octanol–water partition coefficient (Wildman–Crippen LogP) is 2.82. The predicted molar refractivity (Wildman–Crippen MR) is 102 cm³/mol. The van der Waals surface area contributed by atoms with Crippen LogP contribution in [0, 0.1) is 18.3 Å². The lowest BCUT2D eigenvalue weighted by Gasteiger charge is -2.41. The highest BCUT2D eigenvalue weighted by molar-refractivity contribution is 5.93. The second kappa shape index (κ2) is 7.56. The molecule has 146 valence electrons. The molecule has 0 aromatic carbocycles. The van der Waals surface area contributed by atoms with E-state index in [1.54, 1.807) is 17.3 Å². The third-order valence-corrected chi connectivity index (χ3v) is 6.67. The monoisotopic (exact) mass is 370 g/mol. The molecule has 1 aliphatic carbocycles. The van der Waals surface area contributed by atoms with Crippen molar-refractivity contribution in [2.75, 3.05) is 26.2 Å². The summed E-state index contributed by atoms with van der Waals surface area (Å²) in [5, 5.41) is 0. The first-order valence-corrected chi connectivity index (χ1v) is 10.4. The molecule has 1 atom stereocenters. The molecule has 1 spiro atoms. The first kappa shape index (κ1) is 18.4. The van der Waals surface area contributed by atoms with E-state index >= 15 is 0 Å². The average Bonchev–Trinajstić information content (AvgIpc) is 3.12. The fourth-order valence-corrected chi connectivity index (χ4v) is 5.10. The molecule has 6 nitrogen and oxygen atoms in total. The van der Waals surface area contributed by atoms with Crippen LogP contribution in [0.15, 0.2) is 12.4 Å². The smallest absolute Gasteiger partial charge is 0.274 e. The van der Waals surface area contributed by atoms with Crippen LogP contribution in [-0.2, 0) is 4.79 Å². The van der Waals surface area contributed by atoms with Crippen molar-refractivity contribution in [2.45, 2.75) is 58.3 Å². The number of rotatable bonds is 3. The van der Waals surface area contributed by atoms with Gasteiger partial charge in [0.25, 0.3) is 5.91 Å². The highest BCUT2D eigenvalue weighted by Crippen LogP contribution is 2.41. The fourth-order valence-electron chi connectivity index (χ4n) is 5.10. The summed E-state index contributed by atoms with van der Waals surface area (Å²) in [5.41, 5.74) is 0.797. The molecule has 3 fully saturated rings. The number of piperidine rings is 1. The van der Waals surface area contributed by atoms with Crippen LogP contribution in [0.5, 0.6) is 0 Å². The molecule has 0 radical (unpaired) electrons. The third kappa shape index (κ3) is 3.71. The second-order valence-corrected chi connectivity index (χ2v) is 8.66. The Bertz CT molecular complexity index is 699. The SMILES string of the molecule is Cc1cnc(C(=O)N2CCC3(CCCN(CC4CCCCC4)C3=O)C2)cn1. The molecule has 0 bridgehead atoms. The summed E-state index contributed by atoms with van der Waals surface area (Å²) in [7, 11) is 0. The van der Waals surface area contributed by atoms with Crippen LogP contribution in [0.1, 0.15) is 67.5 Å². The zero-order valence-electron chi connectivity index (χ0n) is 16.3. The molecular weight excluding hydrogens is 340 g/mol. The van der Waals surface area contributed by atoms with E-state index < -0.39 is 0 Å². The number of carbonyl (C=O) groups is 2. The maximum atomic E-state index is 13.3. The zero-order chi connectivity index (χ0) is 18.9. The molecule has 27 heavy (non-hydrogen) atoms. The summed E-state index contributed by atoms with van der Waals surface area (Å²) < 4.78 is 0. The summed E-state index contributed by atoms with van der Waals surface area (Å²) in [6.07, 6.45) is 12.3. The van der Waals surface area contributed by atoms with Gasteiger partial charge in [-0.1, -0.05) is 19.3 Å². The molecule has 1 saturated carbocycles. The second-order valence-electron chi connectivity index (χ2n) is 8.66. The van der Waals surface area contributed by atoms with Crippen molar-refractivity contribution < 1.29 is 9.59 Å². The molecule has 3 aliphatic rings. The molecule has 2 amide bonds. The van der Waals surface area contributed by atoms with Gasteiger partial charge in [-0.25, -0.2) is 4.98 Å². The molecular formula is C21H30N4O2. The molecule has 6 heteroatoms. The van der Waals surface area contributed by atoms with Gasteiger partial charge >= 0.3 is 0 Å². The van der Waals surface area contributed by atoms with Crippen LogP contribution < -0.4 is 0 Å². The van der Waals surface area contributed by atoms with Gasteiger partial charge in [-0.05, 0) is 44.9 Å². The Morgan fingerprint density at radius 1 is 1.11 bits per heavy atom. The number of amides is 2. The van der Waals surface area contributed by atoms with E-state index in [1.807, 2.05) is 6.92 Å². The summed E-state index contributed by atoms with van der Waals surface area (Å²) in [6, 6.07) is 0. The Labute approximate surface area is 161 Å². The Hall–Kier alpha value is -1.98. The van der Waals surface area contributed by atoms with Crippen LogP contribution in [0.2, 0.25) is 0 Å². The van der Waals surface area contributed by atoms with E-state index in [-0.39, 0.29) is 17.2 Å². The number of likely N-dealkylation sites (tertiary alicyclic amines) is 2. The van der Waals surface area contributed by atoms with Gasteiger partial charge < -0.3 is 9.80 Å². The maximum absolute atomic E-state index is 13.3. The summed E-state index contributed by atoms with van der Waals surface area (Å²) in [5.74, 6) is 0.848. The summed E-state index contributed by atoms with van der Waals surface area (Å²) in [4.78, 5) is 38.4. The van der Waals surface area contributed by atoms with Crippen LogP contribution in [0.3, 0.4) is 0 Å².